The minimum atomic E-state index is -0.657. The van der Waals surface area contributed by atoms with Gasteiger partial charge in [0.1, 0.15) is 17.0 Å². The topological polar surface area (TPSA) is 144 Å². The number of nitrogens with zero attached hydrogens (tertiary/aromatic N) is 4. The number of hydrogen-bond donors (Lipinski definition) is 3. The Morgan fingerprint density at radius 2 is 1.93 bits per heavy atom. The maximum atomic E-state index is 12.4. The quantitative estimate of drug-likeness (QED) is 0.322. The molecule has 1 aliphatic carbocycles. The number of pyridine rings is 1. The van der Waals surface area contributed by atoms with Crippen molar-refractivity contribution in [3.05, 3.63) is 60.0 Å². The molecule has 4 rings (SSSR count). The van der Waals surface area contributed by atoms with E-state index in [2.05, 4.69) is 43.6 Å². The number of aromatic nitrogens is 3. The second-order valence-corrected chi connectivity index (χ2v) is 10.8. The van der Waals surface area contributed by atoms with Crippen LogP contribution >= 0.6 is 0 Å². The lowest BCUT2D eigenvalue weighted by Crippen LogP contribution is -2.44. The molecule has 10 nitrogen and oxygen atoms in total. The summed E-state index contributed by atoms with van der Waals surface area (Å²) in [5.41, 5.74) is 9.66. The number of rotatable bonds is 8. The third-order valence-corrected chi connectivity index (χ3v) is 6.34. The average Bonchev–Trinajstić information content (AvgIpc) is 2.89. The van der Waals surface area contributed by atoms with Gasteiger partial charge in [-0.05, 0) is 70.2 Å². The molecule has 4 N–H and O–H groups in total. The number of primary amides is 1. The van der Waals surface area contributed by atoms with Crippen molar-refractivity contribution >= 4 is 35.2 Å². The van der Waals surface area contributed by atoms with E-state index in [4.69, 9.17) is 10.5 Å². The van der Waals surface area contributed by atoms with Crippen LogP contribution in [0.1, 0.15) is 75.9 Å². The van der Waals surface area contributed by atoms with E-state index in [9.17, 15) is 9.59 Å². The molecule has 2 heterocycles. The number of alkyl carbamates (subject to hydrolysis) is 1. The SMILES string of the molecule is CCCc1ccc(-c2cccc(Nc3nc(N=C4CCCC[C@@H]4NC(=O)OC(C)(C)C)ncc3C(N)=O)c2)cn1. The largest absolute Gasteiger partial charge is 0.444 e. The average molecular weight is 544 g/mol. The summed E-state index contributed by atoms with van der Waals surface area (Å²) in [6.45, 7) is 7.59. The van der Waals surface area contributed by atoms with E-state index in [0.29, 0.717) is 6.42 Å². The van der Waals surface area contributed by atoms with E-state index < -0.39 is 17.6 Å². The number of anilines is 2. The van der Waals surface area contributed by atoms with Gasteiger partial charge in [-0.3, -0.25) is 9.78 Å². The molecule has 3 aromatic rings. The Kier molecular flexibility index (Phi) is 9.08. The second-order valence-electron chi connectivity index (χ2n) is 10.8. The third kappa shape index (κ3) is 7.84. The molecule has 1 atom stereocenters. The van der Waals surface area contributed by atoms with E-state index in [1.54, 1.807) is 0 Å². The van der Waals surface area contributed by atoms with Crippen LogP contribution in [0, 0.1) is 0 Å². The monoisotopic (exact) mass is 543 g/mol. The summed E-state index contributed by atoms with van der Waals surface area (Å²) < 4.78 is 5.42. The summed E-state index contributed by atoms with van der Waals surface area (Å²) in [7, 11) is 0. The van der Waals surface area contributed by atoms with E-state index in [1.165, 1.54) is 6.20 Å². The van der Waals surface area contributed by atoms with Gasteiger partial charge in [0, 0.05) is 35.1 Å². The maximum Gasteiger partial charge on any atom is 0.408 e. The number of aryl methyl sites for hydroxylation is 1. The number of nitrogens with one attached hydrogen (secondary N) is 2. The highest BCUT2D eigenvalue weighted by atomic mass is 16.6. The Morgan fingerprint density at radius 1 is 1.10 bits per heavy atom. The van der Waals surface area contributed by atoms with E-state index in [1.807, 2.05) is 57.3 Å². The van der Waals surface area contributed by atoms with Gasteiger partial charge in [-0.2, -0.15) is 4.98 Å². The summed E-state index contributed by atoms with van der Waals surface area (Å²) in [5.74, 6) is -0.231. The molecule has 40 heavy (non-hydrogen) atoms. The summed E-state index contributed by atoms with van der Waals surface area (Å²) in [4.78, 5) is 42.6. The molecule has 1 aliphatic rings. The Balaban J connectivity index is 1.58. The normalized spacial score (nSPS) is 16.4. The molecule has 2 amide bonds. The lowest BCUT2D eigenvalue weighted by Gasteiger charge is -2.27. The Morgan fingerprint density at radius 3 is 2.62 bits per heavy atom. The van der Waals surface area contributed by atoms with E-state index >= 15 is 0 Å². The number of nitrogens with two attached hydrogens (primary N) is 1. The molecule has 10 heteroatoms. The second kappa shape index (κ2) is 12.7. The minimum Gasteiger partial charge on any atom is -0.444 e. The lowest BCUT2D eigenvalue weighted by molar-refractivity contribution is 0.0514. The zero-order valence-electron chi connectivity index (χ0n) is 23.5. The van der Waals surface area contributed by atoms with E-state index in [-0.39, 0.29) is 23.4 Å². The van der Waals surface area contributed by atoms with Crippen molar-refractivity contribution in [2.45, 2.75) is 77.9 Å². The number of carbonyl (C=O) groups is 2. The molecule has 0 unspecified atom stereocenters. The molecule has 1 fully saturated rings. The lowest BCUT2D eigenvalue weighted by atomic mass is 9.93. The van der Waals surface area contributed by atoms with Crippen molar-refractivity contribution in [2.75, 3.05) is 5.32 Å². The van der Waals surface area contributed by atoms with Gasteiger partial charge in [0.25, 0.3) is 11.9 Å². The number of amides is 2. The molecule has 1 saturated carbocycles. The number of carbonyl (C=O) groups excluding carboxylic acids is 2. The fraction of sp³-hybridized carbons (Fsp3) is 0.400. The van der Waals surface area contributed by atoms with Crippen LogP contribution in [0.5, 0.6) is 0 Å². The highest BCUT2D eigenvalue weighted by Gasteiger charge is 2.26. The zero-order chi connectivity index (χ0) is 28.7. The van der Waals surface area contributed by atoms with Crippen molar-refractivity contribution in [3.8, 4) is 11.1 Å². The number of aliphatic imine (C=N–C) groups is 1. The van der Waals surface area contributed by atoms with Crippen LogP contribution in [0.2, 0.25) is 0 Å². The molecule has 0 radical (unpaired) electrons. The Bertz CT molecular complexity index is 1380. The van der Waals surface area contributed by atoms with Crippen LogP contribution in [-0.4, -0.2) is 44.3 Å². The number of benzene rings is 1. The standard InChI is InChI=1S/C30H37N7O3/c1-5-9-21-15-14-20(17-32-21)19-10-8-11-22(16-19)34-27-23(26(31)38)18-33-28(37-27)35-24-12-6-7-13-25(24)36-29(39)40-30(2,3)4/h8,10-11,14-18,25H,5-7,9,12-13H2,1-4H3,(H2,31,38)(H,36,39)(H,33,34,37)/t25-/m0/s1. The molecule has 2 aromatic heterocycles. The van der Waals surface area contributed by atoms with Gasteiger partial charge < -0.3 is 21.1 Å². The fourth-order valence-corrected chi connectivity index (χ4v) is 4.48. The van der Waals surface area contributed by atoms with Crippen LogP contribution in [0.3, 0.4) is 0 Å². The fourth-order valence-electron chi connectivity index (χ4n) is 4.48. The first-order chi connectivity index (χ1) is 19.1. The molecule has 210 valence electrons. The van der Waals surface area contributed by atoms with Gasteiger partial charge in [0.2, 0.25) is 0 Å². The molecule has 0 aliphatic heterocycles. The van der Waals surface area contributed by atoms with Crippen molar-refractivity contribution in [1.29, 1.82) is 0 Å². The number of hydrogen-bond acceptors (Lipinski definition) is 8. The van der Waals surface area contributed by atoms with Crippen molar-refractivity contribution in [2.24, 2.45) is 10.7 Å². The summed E-state index contributed by atoms with van der Waals surface area (Å²) >= 11 is 0. The van der Waals surface area contributed by atoms with Gasteiger partial charge in [-0.25, -0.2) is 14.8 Å². The smallest absolute Gasteiger partial charge is 0.408 e. The van der Waals surface area contributed by atoms with Crippen LogP contribution in [0.15, 0.2) is 53.8 Å². The molecular weight excluding hydrogens is 506 g/mol. The van der Waals surface area contributed by atoms with Crippen LogP contribution in [0.25, 0.3) is 11.1 Å². The van der Waals surface area contributed by atoms with Gasteiger partial charge in [-0.1, -0.05) is 38.0 Å². The predicted molar refractivity (Wildman–Crippen MR) is 156 cm³/mol. The summed E-state index contributed by atoms with van der Waals surface area (Å²) in [5, 5.41) is 6.13. The van der Waals surface area contributed by atoms with Crippen LogP contribution in [-0.2, 0) is 11.2 Å². The molecule has 0 bridgehead atoms. The van der Waals surface area contributed by atoms with Crippen LogP contribution in [0.4, 0.5) is 22.2 Å². The molecule has 0 saturated heterocycles. The first kappa shape index (κ1) is 28.7. The zero-order valence-corrected chi connectivity index (χ0v) is 23.5. The number of ether oxygens (including phenoxy) is 1. The third-order valence-electron chi connectivity index (χ3n) is 6.34. The molecular formula is C30H37N7O3. The highest BCUT2D eigenvalue weighted by molar-refractivity contribution is 5.98. The summed E-state index contributed by atoms with van der Waals surface area (Å²) in [6, 6.07) is 11.5. The van der Waals surface area contributed by atoms with E-state index in [0.717, 1.165) is 60.3 Å². The minimum absolute atomic E-state index is 0.145. The van der Waals surface area contributed by atoms with Crippen molar-refractivity contribution in [3.63, 3.8) is 0 Å². The maximum absolute atomic E-state index is 12.4. The van der Waals surface area contributed by atoms with Gasteiger partial charge in [0.15, 0.2) is 0 Å². The molecule has 1 aromatic carbocycles. The summed E-state index contributed by atoms with van der Waals surface area (Å²) in [6.07, 6.45) is 8.06. The van der Waals surface area contributed by atoms with Gasteiger partial charge >= 0.3 is 6.09 Å². The van der Waals surface area contributed by atoms with Crippen molar-refractivity contribution < 1.29 is 14.3 Å². The van der Waals surface area contributed by atoms with Crippen molar-refractivity contribution in [1.82, 2.24) is 20.3 Å². The van der Waals surface area contributed by atoms with Crippen LogP contribution < -0.4 is 16.4 Å². The Labute approximate surface area is 234 Å². The first-order valence-corrected chi connectivity index (χ1v) is 13.7. The molecule has 0 spiro atoms. The predicted octanol–water partition coefficient (Wildman–Crippen LogP) is 5.87. The first-order valence-electron chi connectivity index (χ1n) is 13.7. The van der Waals surface area contributed by atoms with Gasteiger partial charge in [-0.15, -0.1) is 0 Å². The highest BCUT2D eigenvalue weighted by Crippen LogP contribution is 2.27. The van der Waals surface area contributed by atoms with Gasteiger partial charge in [0.05, 0.1) is 6.04 Å². The Hall–Kier alpha value is -4.34.